The number of Topliss-reactive ketones (excluding diaryl/α,β-unsaturated/α-hetero) is 1. The topological polar surface area (TPSA) is 93.1 Å². The molecular formula is C21H33N3O4S. The van der Waals surface area contributed by atoms with Gasteiger partial charge in [0.05, 0.1) is 12.2 Å². The van der Waals surface area contributed by atoms with Crippen LogP contribution in [-0.2, 0) is 29.0 Å². The van der Waals surface area contributed by atoms with E-state index in [1.54, 1.807) is 6.07 Å². The molecule has 2 heterocycles. The number of nitrogens with one attached hydrogen (secondary N) is 1. The van der Waals surface area contributed by atoms with Gasteiger partial charge in [0.25, 0.3) is 11.3 Å². The van der Waals surface area contributed by atoms with Crippen LogP contribution in [-0.4, -0.2) is 56.8 Å². The van der Waals surface area contributed by atoms with Crippen molar-refractivity contribution in [3.63, 3.8) is 0 Å². The Balaban J connectivity index is 1.66. The van der Waals surface area contributed by atoms with Crippen LogP contribution in [0.1, 0.15) is 50.7 Å². The van der Waals surface area contributed by atoms with Gasteiger partial charge in [0.2, 0.25) is 0 Å². The third-order valence-corrected chi connectivity index (χ3v) is 6.47. The zero-order valence-corrected chi connectivity index (χ0v) is 18.2. The Bertz CT molecular complexity index is 756. The average Bonchev–Trinajstić information content (AvgIpc) is 2.84. The number of rotatable bonds is 7. The summed E-state index contributed by atoms with van der Waals surface area (Å²) in [6, 6.07) is 4.00. The maximum absolute atomic E-state index is 11.9. The van der Waals surface area contributed by atoms with Gasteiger partial charge in [-0.1, -0.05) is 19.9 Å². The quantitative estimate of drug-likeness (QED) is 0.584. The summed E-state index contributed by atoms with van der Waals surface area (Å²) in [6.45, 7) is 8.31. The Labute approximate surface area is 175 Å². The number of anilines is 1. The van der Waals surface area contributed by atoms with Crippen molar-refractivity contribution in [1.82, 2.24) is 10.2 Å². The molecule has 1 aromatic rings. The molecular weight excluding hydrogens is 390 g/mol. The summed E-state index contributed by atoms with van der Waals surface area (Å²) >= 11 is -2.35. The summed E-state index contributed by atoms with van der Waals surface area (Å²) in [5.41, 5.74) is 1.98. The molecule has 2 aliphatic rings. The molecule has 29 heavy (non-hydrogen) atoms. The van der Waals surface area contributed by atoms with Gasteiger partial charge in [-0.15, -0.1) is 0 Å². The molecule has 1 fully saturated rings. The Hall–Kier alpha value is -1.48. The number of fused-ring (bicyclic) bond motifs is 1. The number of ketones is 1. The zero-order chi connectivity index (χ0) is 21.0. The lowest BCUT2D eigenvalue weighted by molar-refractivity contribution is -0.117. The molecule has 1 saturated heterocycles. The zero-order valence-electron chi connectivity index (χ0n) is 17.4. The van der Waals surface area contributed by atoms with Crippen LogP contribution >= 0.6 is 0 Å². The number of nitrogens with zero attached hydrogens (tertiary/aromatic N) is 2. The molecule has 1 aromatic carbocycles. The molecule has 7 nitrogen and oxygen atoms in total. The van der Waals surface area contributed by atoms with Crippen LogP contribution in [0.25, 0.3) is 0 Å². The molecule has 3 rings (SSSR count). The van der Waals surface area contributed by atoms with Crippen molar-refractivity contribution in [2.75, 3.05) is 30.5 Å². The molecule has 3 N–H and O–H groups in total. The van der Waals surface area contributed by atoms with Crippen molar-refractivity contribution in [3.8, 4) is 5.75 Å². The van der Waals surface area contributed by atoms with Gasteiger partial charge in [-0.2, -0.15) is 0 Å². The predicted molar refractivity (Wildman–Crippen MR) is 115 cm³/mol. The van der Waals surface area contributed by atoms with Crippen molar-refractivity contribution in [2.45, 2.75) is 58.5 Å². The Morgan fingerprint density at radius 2 is 2.10 bits per heavy atom. The summed E-state index contributed by atoms with van der Waals surface area (Å²) in [4.78, 5) is 14.5. The summed E-state index contributed by atoms with van der Waals surface area (Å²) in [7, 11) is 0. The van der Waals surface area contributed by atoms with Gasteiger partial charge in [0.15, 0.2) is 5.78 Å². The molecule has 0 amide bonds. The SMILES string of the molecule is CC(C)CCN1CCC[C@H](NCc2cc(O)c3c(c2)CCC(=O)CN3S(=O)O)C1. The highest BCUT2D eigenvalue weighted by Crippen LogP contribution is 2.36. The minimum atomic E-state index is -2.35. The molecule has 0 aliphatic carbocycles. The van der Waals surface area contributed by atoms with E-state index in [2.05, 4.69) is 24.1 Å². The third kappa shape index (κ3) is 6.01. The molecule has 0 bridgehead atoms. The number of carbonyl (C=O) groups is 1. The second-order valence-corrected chi connectivity index (χ2v) is 9.53. The van der Waals surface area contributed by atoms with Gasteiger partial charge in [0, 0.05) is 25.6 Å². The molecule has 1 unspecified atom stereocenters. The molecule has 0 spiro atoms. The van der Waals surface area contributed by atoms with Crippen molar-refractivity contribution in [1.29, 1.82) is 0 Å². The highest BCUT2D eigenvalue weighted by atomic mass is 32.2. The second-order valence-electron chi connectivity index (χ2n) is 8.63. The van der Waals surface area contributed by atoms with Gasteiger partial charge < -0.3 is 15.3 Å². The van der Waals surface area contributed by atoms with Crippen molar-refractivity contribution in [2.24, 2.45) is 5.92 Å². The van der Waals surface area contributed by atoms with Crippen LogP contribution in [0.4, 0.5) is 5.69 Å². The summed E-state index contributed by atoms with van der Waals surface area (Å²) in [6.07, 6.45) is 4.32. The minimum absolute atomic E-state index is 0.0430. The number of phenols is 1. The maximum atomic E-state index is 11.9. The number of aryl methyl sites for hydroxylation is 1. The smallest absolute Gasteiger partial charge is 0.262 e. The van der Waals surface area contributed by atoms with Crippen LogP contribution in [0, 0.1) is 5.92 Å². The second kappa shape index (κ2) is 10.0. The monoisotopic (exact) mass is 423 g/mol. The van der Waals surface area contributed by atoms with E-state index in [1.807, 2.05) is 6.07 Å². The molecule has 0 aromatic heterocycles. The Morgan fingerprint density at radius 1 is 1.31 bits per heavy atom. The molecule has 0 radical (unpaired) electrons. The van der Waals surface area contributed by atoms with E-state index in [1.165, 1.54) is 12.8 Å². The number of likely N-dealkylation sites (tertiary alicyclic amines) is 1. The number of aromatic hydroxyl groups is 1. The van der Waals surface area contributed by atoms with Crippen molar-refractivity contribution in [3.05, 3.63) is 23.3 Å². The lowest BCUT2D eigenvalue weighted by Crippen LogP contribution is -2.45. The van der Waals surface area contributed by atoms with Gasteiger partial charge >= 0.3 is 0 Å². The van der Waals surface area contributed by atoms with E-state index in [0.29, 0.717) is 37.0 Å². The Kier molecular flexibility index (Phi) is 7.67. The van der Waals surface area contributed by atoms with E-state index in [4.69, 9.17) is 0 Å². The standard InChI is InChI=1S/C21H33N3O4S/c1-15(2)7-9-23-8-3-4-18(13-23)22-12-16-10-17-5-6-19(25)14-24(29(27)28)21(17)20(26)11-16/h10-11,15,18,22,26H,3-9,12-14H2,1-2H3,(H,27,28)/t18-/m0/s1. The number of hydrogen-bond acceptors (Lipinski definition) is 5. The highest BCUT2D eigenvalue weighted by molar-refractivity contribution is 7.80. The third-order valence-electron chi connectivity index (χ3n) is 5.78. The summed E-state index contributed by atoms with van der Waals surface area (Å²) in [5, 5.41) is 14.1. The van der Waals surface area contributed by atoms with Crippen LogP contribution < -0.4 is 9.62 Å². The van der Waals surface area contributed by atoms with Gasteiger partial charge in [-0.25, -0.2) is 4.21 Å². The number of benzene rings is 1. The predicted octanol–water partition coefficient (Wildman–Crippen LogP) is 2.45. The maximum Gasteiger partial charge on any atom is 0.262 e. The fraction of sp³-hybridized carbons (Fsp3) is 0.667. The summed E-state index contributed by atoms with van der Waals surface area (Å²) < 4.78 is 22.3. The number of carbonyl (C=O) groups excluding carboxylic acids is 1. The van der Waals surface area contributed by atoms with E-state index in [9.17, 15) is 18.7 Å². The molecule has 2 aliphatic heterocycles. The van der Waals surface area contributed by atoms with Crippen molar-refractivity contribution < 1.29 is 18.7 Å². The first-order valence-electron chi connectivity index (χ1n) is 10.5. The highest BCUT2D eigenvalue weighted by Gasteiger charge is 2.27. The summed E-state index contributed by atoms with van der Waals surface area (Å²) in [5.74, 6) is 0.565. The van der Waals surface area contributed by atoms with Gasteiger partial charge in [0.1, 0.15) is 5.75 Å². The Morgan fingerprint density at radius 3 is 2.83 bits per heavy atom. The van der Waals surface area contributed by atoms with Crippen LogP contribution in [0.15, 0.2) is 12.1 Å². The first kappa shape index (κ1) is 22.2. The lowest BCUT2D eigenvalue weighted by Gasteiger charge is -2.33. The van der Waals surface area contributed by atoms with Crippen LogP contribution in [0.5, 0.6) is 5.75 Å². The van der Waals surface area contributed by atoms with Crippen molar-refractivity contribution >= 4 is 22.7 Å². The fourth-order valence-electron chi connectivity index (χ4n) is 4.18. The number of hydrogen-bond donors (Lipinski definition) is 3. The fourth-order valence-corrected chi connectivity index (χ4v) is 4.80. The average molecular weight is 424 g/mol. The molecule has 8 heteroatoms. The van der Waals surface area contributed by atoms with Gasteiger partial charge in [-0.3, -0.25) is 13.7 Å². The van der Waals surface area contributed by atoms with Gasteiger partial charge in [-0.05, 0) is 61.9 Å². The first-order chi connectivity index (χ1) is 13.8. The van der Waals surface area contributed by atoms with E-state index >= 15 is 0 Å². The van der Waals surface area contributed by atoms with Crippen LogP contribution in [0.3, 0.4) is 0 Å². The first-order valence-corrected chi connectivity index (χ1v) is 11.6. The minimum Gasteiger partial charge on any atom is -0.506 e. The molecule has 0 saturated carbocycles. The number of phenolic OH excluding ortho intramolecular Hbond substituents is 1. The molecule has 2 atom stereocenters. The lowest BCUT2D eigenvalue weighted by atomic mass is 10.0. The van der Waals surface area contributed by atoms with E-state index in [0.717, 1.165) is 41.5 Å². The van der Waals surface area contributed by atoms with E-state index < -0.39 is 11.3 Å². The number of piperidine rings is 1. The van der Waals surface area contributed by atoms with E-state index in [-0.39, 0.29) is 18.1 Å². The molecule has 162 valence electrons. The largest absolute Gasteiger partial charge is 0.506 e. The normalized spacial score (nSPS) is 21.9. The van der Waals surface area contributed by atoms with Crippen LogP contribution in [0.2, 0.25) is 0 Å².